The molecule has 0 aliphatic heterocycles. The van der Waals surface area contributed by atoms with E-state index in [1.165, 1.54) is 0 Å². The highest BCUT2D eigenvalue weighted by atomic mass is 16.6. The molecule has 0 saturated carbocycles. The van der Waals surface area contributed by atoms with Gasteiger partial charge in [0.25, 0.3) is 0 Å². The van der Waals surface area contributed by atoms with Crippen molar-refractivity contribution in [2.75, 3.05) is 6.54 Å². The van der Waals surface area contributed by atoms with Crippen LogP contribution in [0.25, 0.3) is 0 Å². The molecule has 0 aromatic rings. The Morgan fingerprint density at radius 1 is 1.36 bits per heavy atom. The molecule has 0 aliphatic carbocycles. The highest BCUT2D eigenvalue weighted by Crippen LogP contribution is 2.12. The second-order valence-corrected chi connectivity index (χ2v) is 4.07. The fraction of sp³-hybridized carbons (Fsp3) is 0.778. The van der Waals surface area contributed by atoms with Crippen LogP contribution in [0.2, 0.25) is 0 Å². The Balaban J connectivity index is 4.38. The van der Waals surface area contributed by atoms with Crippen molar-refractivity contribution in [1.29, 1.82) is 0 Å². The van der Waals surface area contributed by atoms with Gasteiger partial charge < -0.3 is 16.2 Å². The zero-order valence-corrected chi connectivity index (χ0v) is 8.87. The summed E-state index contributed by atoms with van der Waals surface area (Å²) in [5.74, 6) is -2.22. The van der Waals surface area contributed by atoms with Gasteiger partial charge in [0, 0.05) is 0 Å². The highest BCUT2D eigenvalue weighted by molar-refractivity contribution is 5.97. The third-order valence-corrected chi connectivity index (χ3v) is 1.49. The topological polar surface area (TPSA) is 95.4 Å². The quantitative estimate of drug-likeness (QED) is 0.486. The molecule has 1 amide bonds. The summed E-state index contributed by atoms with van der Waals surface area (Å²) in [7, 11) is 0. The van der Waals surface area contributed by atoms with Gasteiger partial charge in [0.15, 0.2) is 0 Å². The first kappa shape index (κ1) is 12.9. The van der Waals surface area contributed by atoms with E-state index in [4.69, 9.17) is 16.2 Å². The van der Waals surface area contributed by atoms with Gasteiger partial charge in [-0.05, 0) is 33.7 Å². The molecule has 0 bridgehead atoms. The molecule has 14 heavy (non-hydrogen) atoms. The van der Waals surface area contributed by atoms with Crippen molar-refractivity contribution >= 4 is 11.9 Å². The lowest BCUT2D eigenvalue weighted by atomic mass is 10.0. The molecule has 0 radical (unpaired) electrons. The van der Waals surface area contributed by atoms with Crippen molar-refractivity contribution in [3.05, 3.63) is 0 Å². The van der Waals surface area contributed by atoms with Crippen molar-refractivity contribution < 1.29 is 14.3 Å². The number of carbonyl (C=O) groups excluding carboxylic acids is 2. The van der Waals surface area contributed by atoms with Gasteiger partial charge in [0.2, 0.25) is 5.91 Å². The van der Waals surface area contributed by atoms with Crippen LogP contribution < -0.4 is 11.5 Å². The summed E-state index contributed by atoms with van der Waals surface area (Å²) in [5, 5.41) is 0. The zero-order chi connectivity index (χ0) is 11.4. The largest absolute Gasteiger partial charge is 0.459 e. The Morgan fingerprint density at radius 3 is 2.14 bits per heavy atom. The smallest absolute Gasteiger partial charge is 0.319 e. The third-order valence-electron chi connectivity index (χ3n) is 1.49. The van der Waals surface area contributed by atoms with Gasteiger partial charge in [-0.15, -0.1) is 0 Å². The normalized spacial score (nSPS) is 13.4. The predicted molar refractivity (Wildman–Crippen MR) is 52.2 cm³/mol. The molecule has 5 heteroatoms. The van der Waals surface area contributed by atoms with E-state index < -0.39 is 23.4 Å². The molecule has 82 valence electrons. The Labute approximate surface area is 83.8 Å². The molecule has 5 nitrogen and oxygen atoms in total. The monoisotopic (exact) mass is 202 g/mol. The molecule has 0 aromatic carbocycles. The van der Waals surface area contributed by atoms with Crippen molar-refractivity contribution in [2.45, 2.75) is 32.8 Å². The van der Waals surface area contributed by atoms with Gasteiger partial charge in [0.1, 0.15) is 11.5 Å². The van der Waals surface area contributed by atoms with E-state index in [9.17, 15) is 9.59 Å². The Hall–Kier alpha value is -1.10. The van der Waals surface area contributed by atoms with E-state index in [-0.39, 0.29) is 13.0 Å². The van der Waals surface area contributed by atoms with E-state index in [1.807, 2.05) is 0 Å². The first-order valence-corrected chi connectivity index (χ1v) is 4.50. The van der Waals surface area contributed by atoms with Gasteiger partial charge in [-0.25, -0.2) is 0 Å². The van der Waals surface area contributed by atoms with Gasteiger partial charge in [-0.2, -0.15) is 0 Å². The average molecular weight is 202 g/mol. The van der Waals surface area contributed by atoms with Gasteiger partial charge >= 0.3 is 5.97 Å². The maximum Gasteiger partial charge on any atom is 0.319 e. The number of hydrogen-bond donors (Lipinski definition) is 2. The van der Waals surface area contributed by atoms with Crippen molar-refractivity contribution in [3.63, 3.8) is 0 Å². The minimum absolute atomic E-state index is 0.226. The first-order chi connectivity index (χ1) is 6.28. The van der Waals surface area contributed by atoms with Crippen LogP contribution >= 0.6 is 0 Å². The van der Waals surface area contributed by atoms with Gasteiger partial charge in [-0.1, -0.05) is 0 Å². The Kier molecular flexibility index (Phi) is 4.56. The van der Waals surface area contributed by atoms with Crippen molar-refractivity contribution in [1.82, 2.24) is 0 Å². The highest BCUT2D eigenvalue weighted by Gasteiger charge is 2.28. The summed E-state index contributed by atoms with van der Waals surface area (Å²) >= 11 is 0. The van der Waals surface area contributed by atoms with Crippen LogP contribution in [0.5, 0.6) is 0 Å². The summed E-state index contributed by atoms with van der Waals surface area (Å²) in [6.07, 6.45) is 0.226. The van der Waals surface area contributed by atoms with Crippen LogP contribution in [-0.4, -0.2) is 24.0 Å². The molecule has 0 rings (SSSR count). The number of primary amides is 1. The second kappa shape index (κ2) is 4.95. The lowest BCUT2D eigenvalue weighted by molar-refractivity contribution is -0.162. The number of hydrogen-bond acceptors (Lipinski definition) is 4. The molecule has 0 heterocycles. The van der Waals surface area contributed by atoms with Crippen molar-refractivity contribution in [2.24, 2.45) is 17.4 Å². The first-order valence-electron chi connectivity index (χ1n) is 4.50. The maximum atomic E-state index is 11.4. The van der Waals surface area contributed by atoms with Crippen LogP contribution in [0, 0.1) is 5.92 Å². The van der Waals surface area contributed by atoms with E-state index in [2.05, 4.69) is 0 Å². The standard InChI is InChI=1S/C9H18N2O3/c1-9(2,3)14-8(13)6(4-5-10)7(11)12/h6H,4-5,10H2,1-3H3,(H2,11,12). The molecule has 0 aromatic heterocycles. The molecule has 0 spiro atoms. The SMILES string of the molecule is CC(C)(C)OC(=O)C(CCN)C(N)=O. The lowest BCUT2D eigenvalue weighted by Crippen LogP contribution is -2.37. The third kappa shape index (κ3) is 4.81. The number of ether oxygens (including phenoxy) is 1. The Morgan fingerprint density at radius 2 is 1.86 bits per heavy atom. The fourth-order valence-electron chi connectivity index (χ4n) is 0.916. The molecule has 1 atom stereocenters. The van der Waals surface area contributed by atoms with Crippen LogP contribution in [0.3, 0.4) is 0 Å². The second-order valence-electron chi connectivity index (χ2n) is 4.07. The van der Waals surface area contributed by atoms with E-state index in [0.717, 1.165) is 0 Å². The molecule has 0 saturated heterocycles. The van der Waals surface area contributed by atoms with E-state index in [1.54, 1.807) is 20.8 Å². The predicted octanol–water partition coefficient (Wildman–Crippen LogP) is -0.222. The minimum atomic E-state index is -0.931. The zero-order valence-electron chi connectivity index (χ0n) is 8.87. The molecular formula is C9H18N2O3. The van der Waals surface area contributed by atoms with Gasteiger partial charge in [-0.3, -0.25) is 9.59 Å². The van der Waals surface area contributed by atoms with Crippen LogP contribution in [-0.2, 0) is 14.3 Å². The summed E-state index contributed by atoms with van der Waals surface area (Å²) < 4.78 is 5.02. The Bertz CT molecular complexity index is 221. The van der Waals surface area contributed by atoms with E-state index >= 15 is 0 Å². The molecule has 4 N–H and O–H groups in total. The maximum absolute atomic E-state index is 11.4. The fourth-order valence-corrected chi connectivity index (χ4v) is 0.916. The summed E-state index contributed by atoms with van der Waals surface area (Å²) in [6, 6.07) is 0. The average Bonchev–Trinajstić information content (AvgIpc) is 1.95. The number of rotatable bonds is 4. The van der Waals surface area contributed by atoms with Gasteiger partial charge in [0.05, 0.1) is 0 Å². The number of carbonyl (C=O) groups is 2. The molecule has 1 unspecified atom stereocenters. The number of esters is 1. The molecule has 0 fully saturated rings. The lowest BCUT2D eigenvalue weighted by Gasteiger charge is -2.22. The van der Waals surface area contributed by atoms with E-state index in [0.29, 0.717) is 0 Å². The summed E-state index contributed by atoms with van der Waals surface area (Å²) in [5.41, 5.74) is 9.69. The van der Waals surface area contributed by atoms with Crippen LogP contribution in [0.1, 0.15) is 27.2 Å². The number of nitrogens with two attached hydrogens (primary N) is 2. The number of amides is 1. The van der Waals surface area contributed by atoms with Crippen molar-refractivity contribution in [3.8, 4) is 0 Å². The van der Waals surface area contributed by atoms with Crippen LogP contribution in [0.15, 0.2) is 0 Å². The summed E-state index contributed by atoms with van der Waals surface area (Å²) in [6.45, 7) is 5.41. The van der Waals surface area contributed by atoms with Crippen LogP contribution in [0.4, 0.5) is 0 Å². The molecular weight excluding hydrogens is 184 g/mol. The molecule has 0 aliphatic rings. The minimum Gasteiger partial charge on any atom is -0.459 e. The summed E-state index contributed by atoms with van der Waals surface area (Å²) in [4.78, 5) is 22.3.